The van der Waals surface area contributed by atoms with Gasteiger partial charge < -0.3 is 89.9 Å². The molecular weight excluding hydrogens is 1360 g/mol. The molecule has 1 amide bonds. The van der Waals surface area contributed by atoms with Gasteiger partial charge in [-0.3, -0.25) is 4.79 Å². The first-order chi connectivity index (χ1) is 52.3. The minimum Gasteiger partial charge on any atom is -0.394 e. The van der Waals surface area contributed by atoms with Gasteiger partial charge in [0.2, 0.25) is 5.91 Å². The molecule has 614 valence electrons. The van der Waals surface area contributed by atoms with Crippen molar-refractivity contribution in [1.82, 2.24) is 5.32 Å². The van der Waals surface area contributed by atoms with Gasteiger partial charge in [0, 0.05) is 6.42 Å². The maximum atomic E-state index is 13.5. The fourth-order valence-electron chi connectivity index (χ4n) is 13.3. The summed E-state index contributed by atoms with van der Waals surface area (Å²) >= 11 is 0. The molecule has 17 unspecified atom stereocenters. The summed E-state index contributed by atoms with van der Waals surface area (Å²) in [6.07, 6.45) is 68.6. The largest absolute Gasteiger partial charge is 0.394 e. The number of rotatable bonds is 65. The van der Waals surface area contributed by atoms with Crippen LogP contribution in [0.5, 0.6) is 0 Å². The molecule has 0 bridgehead atoms. The van der Waals surface area contributed by atoms with Crippen molar-refractivity contribution in [1.29, 1.82) is 0 Å². The van der Waals surface area contributed by atoms with Gasteiger partial charge in [0.05, 0.1) is 38.6 Å². The van der Waals surface area contributed by atoms with Crippen molar-refractivity contribution in [3.8, 4) is 0 Å². The maximum absolute atomic E-state index is 13.5. The highest BCUT2D eigenvalue weighted by molar-refractivity contribution is 5.76. The second-order valence-electron chi connectivity index (χ2n) is 29.2. The number of allylic oxidation sites excluding steroid dienone is 21. The average Bonchev–Trinajstić information content (AvgIpc) is 0.781. The number of unbranched alkanes of at least 4 members (excludes halogenated alkanes) is 29. The number of amides is 1. The molecule has 0 aromatic carbocycles. The predicted octanol–water partition coefficient (Wildman–Crippen LogP) is 14.8. The molecule has 17 atom stereocenters. The minimum atomic E-state index is -1.99. The molecule has 3 fully saturated rings. The molecule has 19 heteroatoms. The zero-order valence-corrected chi connectivity index (χ0v) is 65.8. The van der Waals surface area contributed by atoms with Crippen LogP contribution in [0.25, 0.3) is 0 Å². The summed E-state index contributed by atoms with van der Waals surface area (Å²) < 4.78 is 34.4. The van der Waals surface area contributed by atoms with Gasteiger partial charge in [-0.25, -0.2) is 0 Å². The number of nitrogens with one attached hydrogen (secondary N) is 1. The molecule has 107 heavy (non-hydrogen) atoms. The maximum Gasteiger partial charge on any atom is 0.220 e. The van der Waals surface area contributed by atoms with Crippen LogP contribution in [0.2, 0.25) is 0 Å². The molecule has 3 aliphatic heterocycles. The first-order valence-electron chi connectivity index (χ1n) is 41.9. The second-order valence-corrected chi connectivity index (χ2v) is 29.2. The molecule has 3 saturated heterocycles. The minimum absolute atomic E-state index is 0.224. The van der Waals surface area contributed by atoms with Crippen LogP contribution < -0.4 is 5.32 Å². The van der Waals surface area contributed by atoms with E-state index in [1.165, 1.54) is 141 Å². The first kappa shape index (κ1) is 97.1. The van der Waals surface area contributed by atoms with Gasteiger partial charge in [-0.1, -0.05) is 308 Å². The fourth-order valence-corrected chi connectivity index (χ4v) is 13.3. The van der Waals surface area contributed by atoms with Crippen molar-refractivity contribution in [3.63, 3.8) is 0 Å². The molecule has 12 N–H and O–H groups in total. The number of carbonyl (C=O) groups is 1. The summed E-state index contributed by atoms with van der Waals surface area (Å²) in [5.74, 6) is -0.292. The van der Waals surface area contributed by atoms with Crippen molar-refractivity contribution in [2.75, 3.05) is 26.4 Å². The van der Waals surface area contributed by atoms with E-state index in [1.807, 2.05) is 6.08 Å². The molecule has 0 aromatic heterocycles. The van der Waals surface area contributed by atoms with Gasteiger partial charge in [0.15, 0.2) is 18.9 Å². The van der Waals surface area contributed by atoms with Crippen molar-refractivity contribution in [3.05, 3.63) is 134 Å². The molecule has 0 aliphatic carbocycles. The lowest BCUT2D eigenvalue weighted by Crippen LogP contribution is -2.66. The third kappa shape index (κ3) is 45.9. The van der Waals surface area contributed by atoms with E-state index in [2.05, 4.69) is 141 Å². The molecule has 19 nitrogen and oxygen atoms in total. The number of aliphatic hydroxyl groups is 11. The van der Waals surface area contributed by atoms with Gasteiger partial charge >= 0.3 is 0 Å². The highest BCUT2D eigenvalue weighted by Crippen LogP contribution is 2.33. The lowest BCUT2D eigenvalue weighted by molar-refractivity contribution is -0.379. The van der Waals surface area contributed by atoms with Crippen molar-refractivity contribution in [2.45, 2.75) is 388 Å². The summed E-state index contributed by atoms with van der Waals surface area (Å²) in [6, 6.07) is -1.00. The SMILES string of the molecule is CC/C=C\C/C=C\C/C=C\C/C=C\C/C=C\C/C=C\C/C=C\C/C=C\C/C=C\CCCCCCCCCCCCCC(=O)NC(COC1OC(CO)C(OC2OC(CO)C(OC3OC(CO)C(O)C(O)C3O)C(O)C2O)C(O)C1O)C(O)/C=C/CC/C=C/CCCCCCCCCCCCCCCCCCC. The normalized spacial score (nSPS) is 26.2. The molecule has 3 rings (SSSR count). The monoisotopic (exact) mass is 1510 g/mol. The van der Waals surface area contributed by atoms with E-state index in [9.17, 15) is 61.0 Å². The zero-order chi connectivity index (χ0) is 77.4. The Balaban J connectivity index is 1.36. The van der Waals surface area contributed by atoms with Crippen LogP contribution >= 0.6 is 0 Å². The molecular formula is C88H149NO18. The highest BCUT2D eigenvalue weighted by Gasteiger charge is 2.54. The number of ether oxygens (including phenoxy) is 6. The quantitative estimate of drug-likeness (QED) is 0.0199. The van der Waals surface area contributed by atoms with Crippen LogP contribution in [0, 0.1) is 0 Å². The van der Waals surface area contributed by atoms with Gasteiger partial charge in [-0.2, -0.15) is 0 Å². The third-order valence-electron chi connectivity index (χ3n) is 19.9. The Morgan fingerprint density at radius 3 is 1.05 bits per heavy atom. The van der Waals surface area contributed by atoms with E-state index < -0.39 is 124 Å². The highest BCUT2D eigenvalue weighted by atomic mass is 16.8. The lowest BCUT2D eigenvalue weighted by Gasteiger charge is -2.48. The Morgan fingerprint density at radius 1 is 0.346 bits per heavy atom. The number of carbonyl (C=O) groups excluding carboxylic acids is 1. The summed E-state index contributed by atoms with van der Waals surface area (Å²) in [4.78, 5) is 13.5. The Hall–Kier alpha value is -4.07. The average molecular weight is 1510 g/mol. The van der Waals surface area contributed by atoms with Crippen molar-refractivity contribution in [2.24, 2.45) is 0 Å². The zero-order valence-electron chi connectivity index (χ0n) is 65.8. The van der Waals surface area contributed by atoms with Gasteiger partial charge in [0.1, 0.15) is 73.2 Å². The van der Waals surface area contributed by atoms with Crippen LogP contribution in [0.1, 0.15) is 284 Å². The molecule has 3 aliphatic rings. The summed E-state index contributed by atoms with van der Waals surface area (Å²) in [7, 11) is 0. The standard InChI is InChI=1S/C88H149NO18/c1-3-5-7-9-11-13-15-17-19-21-23-25-27-28-29-30-31-32-33-34-35-36-37-38-39-40-41-42-44-46-48-50-52-54-56-58-60-62-64-66-76(94)89-71(72(93)65-63-61-59-57-55-53-51-49-47-45-43-26-24-22-20-18-16-14-12-10-8-6-4-2)70-102-86-82(100)79(97)84(74(68-91)104-86)107-88-83(101)80(98)85(75(69-92)105-88)106-87-81(99)78(96)77(95)73(67-90)103-87/h5,7,11,13,17,19,23,25,28-29,31-32,34-35,37-38,40-41,55,57,63,65,71-75,77-88,90-93,95-101H,3-4,6,8-10,12,14-16,18,20-22,24,26-27,30,33,36,39,42-54,56,58-62,64,66-70H2,1-2H3,(H,89,94)/b7-5-,13-11-,19-17-,25-23-,29-28-,32-31-,35-34-,38-37-,41-40-,57-55+,65-63+. The van der Waals surface area contributed by atoms with Crippen LogP contribution in [-0.4, -0.2) is 193 Å². The van der Waals surface area contributed by atoms with E-state index in [0.717, 1.165) is 109 Å². The predicted molar refractivity (Wildman–Crippen MR) is 429 cm³/mol. The van der Waals surface area contributed by atoms with E-state index in [4.69, 9.17) is 28.4 Å². The topological polar surface area (TPSA) is 307 Å². The Kier molecular flexibility index (Phi) is 60.4. The molecule has 0 saturated carbocycles. The van der Waals surface area contributed by atoms with E-state index in [1.54, 1.807) is 6.08 Å². The van der Waals surface area contributed by atoms with Crippen LogP contribution in [0.3, 0.4) is 0 Å². The van der Waals surface area contributed by atoms with Gasteiger partial charge in [0.25, 0.3) is 0 Å². The van der Waals surface area contributed by atoms with Crippen LogP contribution in [0.4, 0.5) is 0 Å². The van der Waals surface area contributed by atoms with Crippen molar-refractivity contribution < 1.29 is 89.4 Å². The molecule has 0 aromatic rings. The number of hydrogen-bond donors (Lipinski definition) is 12. The van der Waals surface area contributed by atoms with Crippen LogP contribution in [-0.2, 0) is 33.2 Å². The lowest BCUT2D eigenvalue weighted by atomic mass is 9.96. The Labute approximate surface area is 645 Å². The number of aliphatic hydroxyl groups excluding tert-OH is 11. The van der Waals surface area contributed by atoms with Gasteiger partial charge in [-0.15, -0.1) is 0 Å². The summed E-state index contributed by atoms with van der Waals surface area (Å²) in [6.45, 7) is 1.61. The van der Waals surface area contributed by atoms with Gasteiger partial charge in [-0.05, 0) is 103 Å². The van der Waals surface area contributed by atoms with E-state index >= 15 is 0 Å². The van der Waals surface area contributed by atoms with Crippen molar-refractivity contribution >= 4 is 5.91 Å². The molecule has 3 heterocycles. The Bertz CT molecular complexity index is 2450. The van der Waals surface area contributed by atoms with Crippen LogP contribution in [0.15, 0.2) is 134 Å². The third-order valence-corrected chi connectivity index (χ3v) is 19.9. The Morgan fingerprint density at radius 2 is 0.654 bits per heavy atom. The molecule has 0 spiro atoms. The van der Waals surface area contributed by atoms with E-state index in [0.29, 0.717) is 12.8 Å². The first-order valence-corrected chi connectivity index (χ1v) is 41.9. The number of hydrogen-bond acceptors (Lipinski definition) is 18. The van der Waals surface area contributed by atoms with E-state index in [-0.39, 0.29) is 18.9 Å². The smallest absolute Gasteiger partial charge is 0.220 e. The second kappa shape index (κ2) is 66.5. The molecule has 0 radical (unpaired) electrons. The summed E-state index contributed by atoms with van der Waals surface area (Å²) in [5, 5.41) is 121. The summed E-state index contributed by atoms with van der Waals surface area (Å²) in [5.41, 5.74) is 0. The fraction of sp³-hybridized carbons (Fsp3) is 0.739.